The topological polar surface area (TPSA) is 106 Å². The molecule has 0 bridgehead atoms. The molecule has 0 heterocycles. The maximum absolute atomic E-state index is 12.5. The predicted octanol–water partition coefficient (Wildman–Crippen LogP) is 1.46. The van der Waals surface area contributed by atoms with Crippen LogP contribution in [0.1, 0.15) is 12.5 Å². The van der Waals surface area contributed by atoms with Gasteiger partial charge < -0.3 is 25.4 Å². The van der Waals surface area contributed by atoms with Gasteiger partial charge in [-0.2, -0.15) is 0 Å². The third-order valence-electron chi connectivity index (χ3n) is 3.86. The van der Waals surface area contributed by atoms with E-state index in [9.17, 15) is 14.4 Å². The van der Waals surface area contributed by atoms with Crippen molar-refractivity contribution in [1.82, 2.24) is 10.6 Å². The lowest BCUT2D eigenvalue weighted by atomic mass is 10.2. The fourth-order valence-electron chi connectivity index (χ4n) is 2.38. The highest BCUT2D eigenvalue weighted by Gasteiger charge is 2.27. The van der Waals surface area contributed by atoms with E-state index in [0.29, 0.717) is 17.2 Å². The molecule has 2 rings (SSSR count). The van der Waals surface area contributed by atoms with Crippen LogP contribution in [-0.2, 0) is 20.9 Å². The summed E-state index contributed by atoms with van der Waals surface area (Å²) in [5.74, 6) is -0.419. The van der Waals surface area contributed by atoms with Crippen LogP contribution in [0.25, 0.3) is 0 Å². The Morgan fingerprint density at radius 3 is 1.89 bits per heavy atom. The molecular formula is C20H23N3O5. The van der Waals surface area contributed by atoms with E-state index in [4.69, 9.17) is 9.47 Å². The Balaban J connectivity index is 2.01. The number of anilines is 1. The molecule has 0 aliphatic carbocycles. The highest BCUT2D eigenvalue weighted by Crippen LogP contribution is 2.15. The molecule has 8 heteroatoms. The molecule has 3 amide bonds. The summed E-state index contributed by atoms with van der Waals surface area (Å²) in [6.07, 6.45) is 0. The molecule has 0 spiro atoms. The quantitative estimate of drug-likeness (QED) is 0.597. The first kappa shape index (κ1) is 20.8. The summed E-state index contributed by atoms with van der Waals surface area (Å²) in [5.41, 5.74) is 1.30. The number of hydrogen-bond donors (Lipinski definition) is 3. The summed E-state index contributed by atoms with van der Waals surface area (Å²) >= 11 is 0. The van der Waals surface area contributed by atoms with Crippen LogP contribution < -0.4 is 25.4 Å². The van der Waals surface area contributed by atoms with Gasteiger partial charge in [0.2, 0.25) is 5.91 Å². The number of nitrogens with one attached hydrogen (secondary N) is 3. The van der Waals surface area contributed by atoms with E-state index in [1.807, 2.05) is 0 Å². The van der Waals surface area contributed by atoms with E-state index in [0.717, 1.165) is 5.56 Å². The number of carbonyl (C=O) groups excluding carboxylic acids is 3. The standard InChI is InChI=1S/C20H23N3O5/c1-13(24)22-18(20(26)23-15-6-10-17(28-3)11-7-15)19(25)21-12-14-4-8-16(27-2)9-5-14/h4-11,18H,12H2,1-3H3,(H,21,25)(H,22,24)(H,23,26)/t18-/m1/s1. The zero-order valence-corrected chi connectivity index (χ0v) is 15.9. The van der Waals surface area contributed by atoms with E-state index in [1.54, 1.807) is 55.6 Å². The van der Waals surface area contributed by atoms with Gasteiger partial charge in [-0.05, 0) is 42.0 Å². The van der Waals surface area contributed by atoms with Crippen molar-refractivity contribution in [2.75, 3.05) is 19.5 Å². The molecule has 148 valence electrons. The molecule has 0 unspecified atom stereocenters. The largest absolute Gasteiger partial charge is 0.497 e. The first-order chi connectivity index (χ1) is 13.4. The molecule has 0 saturated heterocycles. The average molecular weight is 385 g/mol. The molecule has 0 aromatic heterocycles. The summed E-state index contributed by atoms with van der Waals surface area (Å²) in [6.45, 7) is 1.44. The van der Waals surface area contributed by atoms with Gasteiger partial charge >= 0.3 is 0 Å². The van der Waals surface area contributed by atoms with Crippen molar-refractivity contribution < 1.29 is 23.9 Å². The first-order valence-electron chi connectivity index (χ1n) is 8.55. The van der Waals surface area contributed by atoms with Gasteiger partial charge in [-0.1, -0.05) is 12.1 Å². The molecular weight excluding hydrogens is 362 g/mol. The minimum atomic E-state index is -1.36. The Morgan fingerprint density at radius 2 is 1.39 bits per heavy atom. The van der Waals surface area contributed by atoms with E-state index in [-0.39, 0.29) is 6.54 Å². The summed E-state index contributed by atoms with van der Waals surface area (Å²) in [6, 6.07) is 12.4. The van der Waals surface area contributed by atoms with Crippen molar-refractivity contribution >= 4 is 23.4 Å². The molecule has 8 nitrogen and oxygen atoms in total. The highest BCUT2D eigenvalue weighted by atomic mass is 16.5. The van der Waals surface area contributed by atoms with E-state index < -0.39 is 23.8 Å². The Bertz CT molecular complexity index is 819. The summed E-state index contributed by atoms with van der Waals surface area (Å²) < 4.78 is 10.1. The van der Waals surface area contributed by atoms with Gasteiger partial charge in [0, 0.05) is 19.2 Å². The predicted molar refractivity (Wildman–Crippen MR) is 104 cm³/mol. The fraction of sp³-hybridized carbons (Fsp3) is 0.250. The van der Waals surface area contributed by atoms with Gasteiger partial charge in [0.05, 0.1) is 14.2 Å². The fourth-order valence-corrected chi connectivity index (χ4v) is 2.38. The monoisotopic (exact) mass is 385 g/mol. The number of benzene rings is 2. The number of ether oxygens (including phenoxy) is 2. The van der Waals surface area contributed by atoms with Crippen molar-refractivity contribution in [3.63, 3.8) is 0 Å². The summed E-state index contributed by atoms with van der Waals surface area (Å²) in [4.78, 5) is 36.4. The zero-order chi connectivity index (χ0) is 20.5. The molecule has 2 aromatic carbocycles. The van der Waals surface area contributed by atoms with Gasteiger partial charge in [-0.25, -0.2) is 0 Å². The van der Waals surface area contributed by atoms with Crippen LogP contribution >= 0.6 is 0 Å². The molecule has 0 saturated carbocycles. The maximum atomic E-state index is 12.5. The van der Waals surface area contributed by atoms with Crippen molar-refractivity contribution in [1.29, 1.82) is 0 Å². The average Bonchev–Trinajstić information content (AvgIpc) is 2.71. The van der Waals surface area contributed by atoms with Gasteiger partial charge in [-0.15, -0.1) is 0 Å². The van der Waals surface area contributed by atoms with Crippen molar-refractivity contribution in [2.45, 2.75) is 19.5 Å². The van der Waals surface area contributed by atoms with Crippen molar-refractivity contribution in [2.24, 2.45) is 0 Å². The number of hydrogen-bond acceptors (Lipinski definition) is 5. The molecule has 0 fully saturated rings. The van der Waals surface area contributed by atoms with Crippen molar-refractivity contribution in [3.05, 3.63) is 54.1 Å². The molecule has 3 N–H and O–H groups in total. The van der Waals surface area contributed by atoms with Gasteiger partial charge in [0.25, 0.3) is 11.8 Å². The second-order valence-corrected chi connectivity index (χ2v) is 5.92. The molecule has 0 radical (unpaired) electrons. The normalized spacial score (nSPS) is 11.1. The SMILES string of the molecule is COc1ccc(CNC(=O)[C@@H](NC(C)=O)C(=O)Nc2ccc(OC)cc2)cc1. The molecule has 0 aliphatic heterocycles. The zero-order valence-electron chi connectivity index (χ0n) is 15.9. The van der Waals surface area contributed by atoms with Crippen LogP contribution in [0, 0.1) is 0 Å². The van der Waals surface area contributed by atoms with E-state index in [2.05, 4.69) is 16.0 Å². The Hall–Kier alpha value is -3.55. The second-order valence-electron chi connectivity index (χ2n) is 5.92. The van der Waals surface area contributed by atoms with Gasteiger partial charge in [-0.3, -0.25) is 14.4 Å². The van der Waals surface area contributed by atoms with Crippen LogP contribution in [0.5, 0.6) is 11.5 Å². The van der Waals surface area contributed by atoms with E-state index in [1.165, 1.54) is 14.0 Å². The highest BCUT2D eigenvalue weighted by molar-refractivity contribution is 6.11. The van der Waals surface area contributed by atoms with Crippen LogP contribution in [0.3, 0.4) is 0 Å². The second kappa shape index (κ2) is 9.96. The molecule has 0 aliphatic rings. The smallest absolute Gasteiger partial charge is 0.256 e. The van der Waals surface area contributed by atoms with Crippen LogP contribution in [0.2, 0.25) is 0 Å². The Labute approximate surface area is 163 Å². The summed E-state index contributed by atoms with van der Waals surface area (Å²) in [5, 5.41) is 7.63. The van der Waals surface area contributed by atoms with Crippen LogP contribution in [-0.4, -0.2) is 38.0 Å². The van der Waals surface area contributed by atoms with Crippen LogP contribution in [0.15, 0.2) is 48.5 Å². The third kappa shape index (κ3) is 6.01. The Morgan fingerprint density at radius 1 is 0.857 bits per heavy atom. The molecule has 2 aromatic rings. The van der Waals surface area contributed by atoms with E-state index >= 15 is 0 Å². The lowest BCUT2D eigenvalue weighted by Gasteiger charge is -2.17. The van der Waals surface area contributed by atoms with Gasteiger partial charge in [0.15, 0.2) is 6.04 Å². The molecule has 28 heavy (non-hydrogen) atoms. The van der Waals surface area contributed by atoms with Crippen molar-refractivity contribution in [3.8, 4) is 11.5 Å². The summed E-state index contributed by atoms with van der Waals surface area (Å²) in [7, 11) is 3.10. The van der Waals surface area contributed by atoms with Gasteiger partial charge in [0.1, 0.15) is 11.5 Å². The first-order valence-corrected chi connectivity index (χ1v) is 8.55. The third-order valence-corrected chi connectivity index (χ3v) is 3.86. The number of amides is 3. The number of rotatable bonds is 8. The lowest BCUT2D eigenvalue weighted by molar-refractivity contribution is -0.134. The lowest BCUT2D eigenvalue weighted by Crippen LogP contribution is -2.52. The number of carbonyl (C=O) groups is 3. The Kier molecular flexibility index (Phi) is 7.38. The van der Waals surface area contributed by atoms with Crippen LogP contribution in [0.4, 0.5) is 5.69 Å². The maximum Gasteiger partial charge on any atom is 0.256 e. The number of methoxy groups -OCH3 is 2. The minimum absolute atomic E-state index is 0.203. The minimum Gasteiger partial charge on any atom is -0.497 e. The molecule has 1 atom stereocenters.